The Kier molecular flexibility index (Phi) is 4.73. The zero-order valence-electron chi connectivity index (χ0n) is 16.0. The van der Waals surface area contributed by atoms with E-state index in [1.165, 1.54) is 30.0 Å². The predicted molar refractivity (Wildman–Crippen MR) is 111 cm³/mol. The van der Waals surface area contributed by atoms with Gasteiger partial charge < -0.3 is 9.64 Å². The largest absolute Gasteiger partial charge is 0.496 e. The summed E-state index contributed by atoms with van der Waals surface area (Å²) in [4.78, 5) is 2.36. The van der Waals surface area contributed by atoms with Crippen molar-refractivity contribution in [2.24, 2.45) is 0 Å². The molecule has 0 unspecified atom stereocenters. The van der Waals surface area contributed by atoms with E-state index >= 15 is 0 Å². The molecule has 3 nitrogen and oxygen atoms in total. The average molecular weight is 356 g/mol. The summed E-state index contributed by atoms with van der Waals surface area (Å²) >= 11 is 0. The molecule has 0 aliphatic carbocycles. The Morgan fingerprint density at radius 3 is 2.41 bits per heavy atom. The Labute approximate surface area is 160 Å². The van der Waals surface area contributed by atoms with Crippen molar-refractivity contribution in [3.05, 3.63) is 59.7 Å². The Morgan fingerprint density at radius 2 is 1.70 bits per heavy atom. The summed E-state index contributed by atoms with van der Waals surface area (Å²) in [5.74, 6) is 0.794. The zero-order chi connectivity index (χ0) is 18.8. The molecule has 1 heterocycles. The second-order valence-corrected chi connectivity index (χ2v) is 7.20. The molecule has 3 aromatic rings. The number of hydrogen-bond donors (Lipinski definition) is 0. The van der Waals surface area contributed by atoms with Gasteiger partial charge in [-0.05, 0) is 54.7 Å². The van der Waals surface area contributed by atoms with Gasteiger partial charge in [0.2, 0.25) is 0 Å². The molecule has 1 saturated heterocycles. The van der Waals surface area contributed by atoms with Crippen LogP contribution in [0, 0.1) is 18.3 Å². The smallest absolute Gasteiger partial charge is 0.131 e. The molecule has 0 bridgehead atoms. The molecule has 1 aliphatic rings. The van der Waals surface area contributed by atoms with Gasteiger partial charge in [-0.25, -0.2) is 0 Å². The lowest BCUT2D eigenvalue weighted by Crippen LogP contribution is -2.30. The molecule has 0 spiro atoms. The van der Waals surface area contributed by atoms with Crippen molar-refractivity contribution in [2.45, 2.75) is 26.2 Å². The minimum Gasteiger partial charge on any atom is -0.496 e. The number of methoxy groups -OCH3 is 1. The highest BCUT2D eigenvalue weighted by Gasteiger charge is 2.22. The third-order valence-corrected chi connectivity index (χ3v) is 5.57. The van der Waals surface area contributed by atoms with Gasteiger partial charge in [-0.3, -0.25) is 0 Å². The first kappa shape index (κ1) is 17.4. The number of fused-ring (bicyclic) bond motifs is 1. The van der Waals surface area contributed by atoms with Crippen molar-refractivity contribution in [2.75, 3.05) is 25.1 Å². The number of rotatable bonds is 3. The molecule has 27 heavy (non-hydrogen) atoms. The van der Waals surface area contributed by atoms with E-state index < -0.39 is 0 Å². The Morgan fingerprint density at radius 1 is 0.963 bits per heavy atom. The van der Waals surface area contributed by atoms with E-state index in [0.29, 0.717) is 0 Å². The molecule has 136 valence electrons. The van der Waals surface area contributed by atoms with Crippen LogP contribution < -0.4 is 9.64 Å². The number of nitriles is 1. The molecule has 3 heteroatoms. The van der Waals surface area contributed by atoms with Crippen LogP contribution in [0.3, 0.4) is 0 Å². The SMILES string of the molecule is COc1c(-c2ccc3ccccc3c2)cc(N2CCCCC2)c(C#N)c1C. The van der Waals surface area contributed by atoms with Crippen molar-refractivity contribution in [1.82, 2.24) is 0 Å². The predicted octanol–water partition coefficient (Wildman–Crippen LogP) is 5.69. The van der Waals surface area contributed by atoms with E-state index in [1.807, 2.05) is 6.92 Å². The maximum atomic E-state index is 9.82. The van der Waals surface area contributed by atoms with Gasteiger partial charge in [0.15, 0.2) is 0 Å². The van der Waals surface area contributed by atoms with Crippen molar-refractivity contribution < 1.29 is 4.74 Å². The fraction of sp³-hybridized carbons (Fsp3) is 0.292. The maximum Gasteiger partial charge on any atom is 0.131 e. The fourth-order valence-electron chi connectivity index (χ4n) is 4.14. The molecule has 1 fully saturated rings. The minimum atomic E-state index is 0.735. The van der Waals surface area contributed by atoms with Gasteiger partial charge in [0.05, 0.1) is 18.4 Å². The molecule has 4 rings (SSSR count). The van der Waals surface area contributed by atoms with E-state index in [4.69, 9.17) is 4.74 Å². The highest BCUT2D eigenvalue weighted by molar-refractivity contribution is 5.90. The molecule has 0 N–H and O–H groups in total. The van der Waals surface area contributed by atoms with Crippen molar-refractivity contribution in [3.8, 4) is 22.9 Å². The Balaban J connectivity index is 1.92. The zero-order valence-corrected chi connectivity index (χ0v) is 16.0. The van der Waals surface area contributed by atoms with Crippen LogP contribution in [0.5, 0.6) is 5.75 Å². The van der Waals surface area contributed by atoms with E-state index in [1.54, 1.807) is 7.11 Å². The Bertz CT molecular complexity index is 1030. The van der Waals surface area contributed by atoms with Crippen molar-refractivity contribution in [3.63, 3.8) is 0 Å². The topological polar surface area (TPSA) is 36.3 Å². The third-order valence-electron chi connectivity index (χ3n) is 5.57. The first-order valence-electron chi connectivity index (χ1n) is 9.58. The van der Waals surface area contributed by atoms with Crippen molar-refractivity contribution in [1.29, 1.82) is 5.26 Å². The first-order valence-corrected chi connectivity index (χ1v) is 9.58. The van der Waals surface area contributed by atoms with E-state index in [9.17, 15) is 5.26 Å². The number of benzene rings is 3. The average Bonchev–Trinajstić information content (AvgIpc) is 2.73. The summed E-state index contributed by atoms with van der Waals surface area (Å²) in [6, 6.07) is 19.5. The molecule has 0 saturated carbocycles. The van der Waals surface area contributed by atoms with Gasteiger partial charge >= 0.3 is 0 Å². The lowest BCUT2D eigenvalue weighted by molar-refractivity contribution is 0.413. The van der Waals surface area contributed by atoms with E-state index in [-0.39, 0.29) is 0 Å². The van der Waals surface area contributed by atoms with Gasteiger partial charge in [-0.1, -0.05) is 36.4 Å². The standard InChI is InChI=1S/C24H24N2O/c1-17-22(16-25)23(26-12-6-3-7-13-26)15-21(24(17)27-2)20-11-10-18-8-4-5-9-19(18)14-20/h4-5,8-11,14-15H,3,6-7,12-13H2,1-2H3. The van der Waals surface area contributed by atoms with Crippen LogP contribution >= 0.6 is 0 Å². The van der Waals surface area contributed by atoms with E-state index in [0.717, 1.165) is 46.8 Å². The van der Waals surface area contributed by atoms with Crippen LogP contribution in [0.4, 0.5) is 5.69 Å². The van der Waals surface area contributed by atoms with Crippen LogP contribution in [0.1, 0.15) is 30.4 Å². The van der Waals surface area contributed by atoms with Gasteiger partial charge in [0.1, 0.15) is 11.8 Å². The summed E-state index contributed by atoms with van der Waals surface area (Å²) in [6.07, 6.45) is 3.63. The molecular formula is C24H24N2O. The van der Waals surface area contributed by atoms with Crippen molar-refractivity contribution >= 4 is 16.5 Å². The Hall–Kier alpha value is -2.99. The van der Waals surface area contributed by atoms with Gasteiger partial charge in [0.25, 0.3) is 0 Å². The quantitative estimate of drug-likeness (QED) is 0.605. The lowest BCUT2D eigenvalue weighted by Gasteiger charge is -2.31. The molecule has 1 aliphatic heterocycles. The number of nitrogens with zero attached hydrogens (tertiary/aromatic N) is 2. The molecule has 3 aromatic carbocycles. The maximum absolute atomic E-state index is 9.82. The number of piperidine rings is 1. The lowest BCUT2D eigenvalue weighted by atomic mass is 9.94. The highest BCUT2D eigenvalue weighted by atomic mass is 16.5. The summed E-state index contributed by atoms with van der Waals surface area (Å²) in [7, 11) is 1.69. The van der Waals surface area contributed by atoms with Crippen LogP contribution in [0.25, 0.3) is 21.9 Å². The van der Waals surface area contributed by atoms with Gasteiger partial charge in [-0.2, -0.15) is 5.26 Å². The number of ether oxygens (including phenoxy) is 1. The summed E-state index contributed by atoms with van der Waals surface area (Å²) in [5, 5.41) is 12.3. The highest BCUT2D eigenvalue weighted by Crippen LogP contribution is 2.41. The third kappa shape index (κ3) is 3.13. The summed E-state index contributed by atoms with van der Waals surface area (Å²) in [5.41, 5.74) is 4.87. The molecule has 0 atom stereocenters. The second kappa shape index (κ2) is 7.32. The van der Waals surface area contributed by atoms with E-state index in [2.05, 4.69) is 59.5 Å². The fourth-order valence-corrected chi connectivity index (χ4v) is 4.14. The second-order valence-electron chi connectivity index (χ2n) is 7.20. The van der Waals surface area contributed by atoms with Gasteiger partial charge in [-0.15, -0.1) is 0 Å². The monoisotopic (exact) mass is 356 g/mol. The molecule has 0 radical (unpaired) electrons. The molecule has 0 amide bonds. The van der Waals surface area contributed by atoms with Crippen LogP contribution in [0.2, 0.25) is 0 Å². The molecular weight excluding hydrogens is 332 g/mol. The summed E-state index contributed by atoms with van der Waals surface area (Å²) in [6.45, 7) is 4.02. The van der Waals surface area contributed by atoms with Gasteiger partial charge in [0, 0.05) is 24.2 Å². The van der Waals surface area contributed by atoms with Crippen LogP contribution in [-0.4, -0.2) is 20.2 Å². The normalized spacial score (nSPS) is 14.2. The van der Waals surface area contributed by atoms with Crippen LogP contribution in [0.15, 0.2) is 48.5 Å². The number of anilines is 1. The van der Waals surface area contributed by atoms with Crippen LogP contribution in [-0.2, 0) is 0 Å². The summed E-state index contributed by atoms with van der Waals surface area (Å²) < 4.78 is 5.76. The minimum absolute atomic E-state index is 0.735. The number of hydrogen-bond acceptors (Lipinski definition) is 3. The molecule has 0 aromatic heterocycles. The first-order chi connectivity index (χ1) is 13.2.